The van der Waals surface area contributed by atoms with Crippen LogP contribution in [0.3, 0.4) is 0 Å². The molecule has 1 aliphatic heterocycles. The molecule has 0 radical (unpaired) electrons. The zero-order valence-corrected chi connectivity index (χ0v) is 24.3. The number of benzene rings is 1. The van der Waals surface area contributed by atoms with Crippen LogP contribution in [0.5, 0.6) is 0 Å². The van der Waals surface area contributed by atoms with E-state index < -0.39 is 17.6 Å². The zero-order valence-electron chi connectivity index (χ0n) is 24.3. The number of hydrogen-bond acceptors (Lipinski definition) is 8. The summed E-state index contributed by atoms with van der Waals surface area (Å²) in [6, 6.07) is 5.75. The maximum Gasteiger partial charge on any atom is 0.416 e. The van der Waals surface area contributed by atoms with Crippen LogP contribution in [0.15, 0.2) is 53.3 Å². The molecule has 1 saturated carbocycles. The number of nitrogens with zero attached hydrogens (tertiary/aromatic N) is 6. The lowest BCUT2D eigenvalue weighted by Gasteiger charge is -2.36. The van der Waals surface area contributed by atoms with E-state index in [1.807, 2.05) is 36.9 Å². The van der Waals surface area contributed by atoms with Crippen molar-refractivity contribution in [2.45, 2.75) is 37.9 Å². The van der Waals surface area contributed by atoms with E-state index in [2.05, 4.69) is 20.4 Å². The number of anilines is 1. The third-order valence-corrected chi connectivity index (χ3v) is 7.77. The van der Waals surface area contributed by atoms with Crippen molar-refractivity contribution in [3.05, 3.63) is 71.7 Å². The Balaban J connectivity index is 1.30. The molecule has 1 aromatic carbocycles. The van der Waals surface area contributed by atoms with Crippen LogP contribution >= 0.6 is 0 Å². The Hall–Kier alpha value is -4.26. The van der Waals surface area contributed by atoms with Gasteiger partial charge in [0.1, 0.15) is 0 Å². The highest BCUT2D eigenvalue weighted by Crippen LogP contribution is 2.46. The van der Waals surface area contributed by atoms with Crippen LogP contribution in [0.4, 0.5) is 18.9 Å². The quantitative estimate of drug-likeness (QED) is 0.370. The first kappa shape index (κ1) is 30.2. The lowest BCUT2D eigenvalue weighted by atomic mass is 9.97. The third-order valence-electron chi connectivity index (χ3n) is 7.77. The molecule has 1 aliphatic carbocycles. The van der Waals surface area contributed by atoms with E-state index in [1.54, 1.807) is 29.3 Å². The summed E-state index contributed by atoms with van der Waals surface area (Å²) in [6.07, 6.45) is 3.65. The van der Waals surface area contributed by atoms with Crippen LogP contribution in [-0.2, 0) is 22.9 Å². The van der Waals surface area contributed by atoms with Gasteiger partial charge in [0.05, 0.1) is 17.4 Å². The van der Waals surface area contributed by atoms with Gasteiger partial charge in [-0.25, -0.2) is 0 Å². The Morgan fingerprint density at radius 2 is 1.88 bits per heavy atom. The monoisotopic (exact) mass is 597 g/mol. The molecular weight excluding hydrogens is 563 g/mol. The number of carbonyl (C=O) groups is 2. The van der Waals surface area contributed by atoms with E-state index in [-0.39, 0.29) is 29.3 Å². The van der Waals surface area contributed by atoms with Crippen molar-refractivity contribution < 1.29 is 27.3 Å². The highest BCUT2D eigenvalue weighted by Gasteiger charge is 2.45. The number of halogens is 3. The van der Waals surface area contributed by atoms with E-state index in [9.17, 15) is 22.8 Å². The Bertz CT molecular complexity index is 1510. The van der Waals surface area contributed by atoms with Gasteiger partial charge in [-0.3, -0.25) is 14.6 Å². The summed E-state index contributed by atoms with van der Waals surface area (Å²) in [5.74, 6) is -0.627. The Morgan fingerprint density at radius 1 is 1.14 bits per heavy atom. The van der Waals surface area contributed by atoms with Gasteiger partial charge in [-0.05, 0) is 50.2 Å². The smallest absolute Gasteiger partial charge is 0.366 e. The molecule has 0 bridgehead atoms. The van der Waals surface area contributed by atoms with Gasteiger partial charge in [0.15, 0.2) is 0 Å². The highest BCUT2D eigenvalue weighted by molar-refractivity contribution is 5.90. The Morgan fingerprint density at radius 3 is 2.56 bits per heavy atom. The van der Waals surface area contributed by atoms with Crippen LogP contribution in [-0.4, -0.2) is 83.6 Å². The number of aromatic nitrogens is 3. The van der Waals surface area contributed by atoms with Gasteiger partial charge in [0.25, 0.3) is 11.7 Å². The lowest BCUT2D eigenvalue weighted by molar-refractivity contribution is -0.138. The largest absolute Gasteiger partial charge is 0.416 e. The molecule has 0 atom stereocenters. The molecule has 1 N–H and O–H groups in total. The van der Waals surface area contributed by atoms with Crippen LogP contribution < -0.4 is 10.2 Å². The molecule has 3 aromatic rings. The molecule has 0 unspecified atom stereocenters. The second kappa shape index (κ2) is 12.2. The highest BCUT2D eigenvalue weighted by atomic mass is 19.4. The fourth-order valence-corrected chi connectivity index (χ4v) is 4.90. The number of carbonyl (C=O) groups excluding carboxylic acids is 2. The van der Waals surface area contributed by atoms with Gasteiger partial charge in [0, 0.05) is 62.5 Å². The van der Waals surface area contributed by atoms with E-state index in [4.69, 9.17) is 4.52 Å². The fraction of sp³-hybridized carbons (Fsp3) is 0.433. The van der Waals surface area contributed by atoms with Gasteiger partial charge in [-0.15, -0.1) is 0 Å². The van der Waals surface area contributed by atoms with Crippen molar-refractivity contribution in [3.8, 4) is 11.1 Å². The second-order valence-electron chi connectivity index (χ2n) is 11.4. The van der Waals surface area contributed by atoms with Crippen LogP contribution in [0, 0.1) is 0 Å². The Labute approximate surface area is 247 Å². The first-order valence-electron chi connectivity index (χ1n) is 14.1. The molecule has 3 heterocycles. The summed E-state index contributed by atoms with van der Waals surface area (Å²) in [5, 5.41) is 6.17. The molecule has 228 valence electrons. The third kappa shape index (κ3) is 7.04. The summed E-state index contributed by atoms with van der Waals surface area (Å²) < 4.78 is 47.8. The summed E-state index contributed by atoms with van der Waals surface area (Å²) >= 11 is 0. The van der Waals surface area contributed by atoms with Crippen LogP contribution in [0.2, 0.25) is 0 Å². The molecule has 2 aliphatic rings. The topological polar surface area (TPSA) is 108 Å². The van der Waals surface area contributed by atoms with Crippen LogP contribution in [0.1, 0.15) is 47.4 Å². The molecule has 1 saturated heterocycles. The SMILES string of the molecule is CN(C)C/C=C/C(=O)N1CCN(c2cnccc2-c2ccc(CNC(=O)c3noc(C4(C)CC4)n3)c(C(F)(F)F)c2)CC1. The van der Waals surface area contributed by atoms with Gasteiger partial charge in [-0.2, -0.15) is 18.2 Å². The van der Waals surface area contributed by atoms with E-state index in [1.165, 1.54) is 12.3 Å². The molecule has 13 heteroatoms. The molecule has 2 fully saturated rings. The molecule has 5 rings (SSSR count). The number of pyridine rings is 1. The van der Waals surface area contributed by atoms with Crippen molar-refractivity contribution >= 4 is 17.5 Å². The number of rotatable bonds is 9. The average molecular weight is 598 g/mol. The van der Waals surface area contributed by atoms with Gasteiger partial charge in [0.2, 0.25) is 11.8 Å². The molecular formula is C30H34F3N7O3. The van der Waals surface area contributed by atoms with E-state index in [0.29, 0.717) is 55.4 Å². The van der Waals surface area contributed by atoms with Gasteiger partial charge < -0.3 is 24.5 Å². The zero-order chi connectivity index (χ0) is 30.8. The minimum Gasteiger partial charge on any atom is -0.366 e. The number of piperazine rings is 1. The van der Waals surface area contributed by atoms with Crippen molar-refractivity contribution in [1.29, 1.82) is 0 Å². The van der Waals surface area contributed by atoms with Gasteiger partial charge in [-0.1, -0.05) is 30.3 Å². The van der Waals surface area contributed by atoms with Crippen LogP contribution in [0.25, 0.3) is 11.1 Å². The van der Waals surface area contributed by atoms with Crippen molar-refractivity contribution in [2.24, 2.45) is 0 Å². The summed E-state index contributed by atoms with van der Waals surface area (Å²) in [5.41, 5.74) is 0.467. The average Bonchev–Trinajstić information content (AvgIpc) is 3.53. The molecule has 2 aromatic heterocycles. The predicted octanol–water partition coefficient (Wildman–Crippen LogP) is 3.90. The van der Waals surface area contributed by atoms with Crippen molar-refractivity contribution in [1.82, 2.24) is 30.2 Å². The molecule has 43 heavy (non-hydrogen) atoms. The molecule has 0 spiro atoms. The standard InChI is InChI=1S/C30H34F3N7O3/c1-29(9-10-29)28-36-26(37-43-28)27(42)35-18-21-7-6-20(17-23(21)30(31,32)33)22-8-11-34-19-24(22)39-13-15-40(16-14-39)25(41)5-4-12-38(2)3/h4-8,11,17,19H,9-10,12-16,18H2,1-3H3,(H,35,42)/b5-4+. The summed E-state index contributed by atoms with van der Waals surface area (Å²) in [6.45, 7) is 4.23. The maximum absolute atomic E-state index is 14.2. The number of amides is 2. The molecule has 10 nitrogen and oxygen atoms in total. The van der Waals surface area contributed by atoms with Crippen molar-refractivity contribution in [3.63, 3.8) is 0 Å². The van der Waals surface area contributed by atoms with E-state index in [0.717, 1.165) is 18.9 Å². The minimum atomic E-state index is -4.66. The fourth-order valence-electron chi connectivity index (χ4n) is 4.90. The van der Waals surface area contributed by atoms with Gasteiger partial charge >= 0.3 is 6.18 Å². The second-order valence-corrected chi connectivity index (χ2v) is 11.4. The predicted molar refractivity (Wildman–Crippen MR) is 153 cm³/mol. The van der Waals surface area contributed by atoms with Crippen molar-refractivity contribution in [2.75, 3.05) is 51.7 Å². The number of likely N-dealkylation sites (N-methyl/N-ethyl adjacent to an activating group) is 1. The first-order valence-corrected chi connectivity index (χ1v) is 14.1. The Kier molecular flexibility index (Phi) is 8.54. The number of alkyl halides is 3. The minimum absolute atomic E-state index is 0.0672. The summed E-state index contributed by atoms with van der Waals surface area (Å²) in [7, 11) is 3.84. The number of nitrogens with one attached hydrogen (secondary N) is 1. The first-order chi connectivity index (χ1) is 20.4. The summed E-state index contributed by atoms with van der Waals surface area (Å²) in [4.78, 5) is 39.2. The normalized spacial score (nSPS) is 16.6. The molecule has 2 amide bonds. The lowest BCUT2D eigenvalue weighted by Crippen LogP contribution is -2.48. The number of hydrogen-bond donors (Lipinski definition) is 1. The van der Waals surface area contributed by atoms with E-state index >= 15 is 0 Å². The maximum atomic E-state index is 14.2.